The van der Waals surface area contributed by atoms with E-state index in [1.165, 1.54) is 4.90 Å². The molecule has 1 heterocycles. The van der Waals surface area contributed by atoms with Gasteiger partial charge in [-0.2, -0.15) is 0 Å². The first-order chi connectivity index (χ1) is 8.18. The van der Waals surface area contributed by atoms with Crippen molar-refractivity contribution in [2.24, 2.45) is 0 Å². The Labute approximate surface area is 104 Å². The maximum absolute atomic E-state index is 11.4. The van der Waals surface area contributed by atoms with Gasteiger partial charge < -0.3 is 5.73 Å². The number of anilines is 1. The molecule has 0 bridgehead atoms. The molecule has 1 fully saturated rings. The molecular weight excluding hydrogens is 236 g/mol. The van der Waals surface area contributed by atoms with Crippen LogP contribution in [0.4, 0.5) is 5.69 Å². The van der Waals surface area contributed by atoms with E-state index >= 15 is 0 Å². The molecule has 1 aromatic carbocycles. The number of para-hydroxylation sites is 1. The Balaban J connectivity index is 1.86. The third-order valence-corrected chi connectivity index (χ3v) is 3.72. The van der Waals surface area contributed by atoms with Crippen molar-refractivity contribution in [3.05, 3.63) is 24.3 Å². The molecular formula is C12H14N2O2S. The Kier molecular flexibility index (Phi) is 3.68. The molecule has 2 amide bonds. The number of benzene rings is 1. The van der Waals surface area contributed by atoms with E-state index in [2.05, 4.69) is 0 Å². The van der Waals surface area contributed by atoms with Gasteiger partial charge in [0.1, 0.15) is 0 Å². The molecule has 0 unspecified atom stereocenters. The molecule has 1 saturated heterocycles. The summed E-state index contributed by atoms with van der Waals surface area (Å²) in [5.41, 5.74) is 6.53. The molecule has 0 aromatic heterocycles. The first-order valence-electron chi connectivity index (χ1n) is 5.49. The van der Waals surface area contributed by atoms with E-state index in [-0.39, 0.29) is 11.8 Å². The third-order valence-electron chi connectivity index (χ3n) is 2.65. The molecule has 0 radical (unpaired) electrons. The number of imide groups is 1. The predicted octanol–water partition coefficient (Wildman–Crippen LogP) is 1.51. The largest absolute Gasteiger partial charge is 0.398 e. The van der Waals surface area contributed by atoms with Crippen LogP contribution in [0.1, 0.15) is 12.8 Å². The van der Waals surface area contributed by atoms with Gasteiger partial charge in [0.05, 0.1) is 0 Å². The summed E-state index contributed by atoms with van der Waals surface area (Å²) in [5, 5.41) is 0. The lowest BCUT2D eigenvalue weighted by Crippen LogP contribution is -2.31. The molecule has 17 heavy (non-hydrogen) atoms. The number of likely N-dealkylation sites (tertiary alicyclic amines) is 1. The Morgan fingerprint density at radius 1 is 1.18 bits per heavy atom. The van der Waals surface area contributed by atoms with Crippen molar-refractivity contribution in [3.63, 3.8) is 0 Å². The fourth-order valence-electron chi connectivity index (χ4n) is 1.73. The molecule has 1 aliphatic rings. The van der Waals surface area contributed by atoms with E-state index in [0.717, 1.165) is 10.6 Å². The zero-order valence-electron chi connectivity index (χ0n) is 9.39. The van der Waals surface area contributed by atoms with Crippen molar-refractivity contribution in [1.82, 2.24) is 4.90 Å². The van der Waals surface area contributed by atoms with Crippen molar-refractivity contribution < 1.29 is 9.59 Å². The van der Waals surface area contributed by atoms with Crippen LogP contribution in [-0.4, -0.2) is 29.0 Å². The molecule has 2 rings (SSSR count). The number of nitrogens with two attached hydrogens (primary N) is 1. The molecule has 5 heteroatoms. The van der Waals surface area contributed by atoms with Gasteiger partial charge in [-0.1, -0.05) is 12.1 Å². The average molecular weight is 250 g/mol. The van der Waals surface area contributed by atoms with Gasteiger partial charge in [-0.05, 0) is 12.1 Å². The summed E-state index contributed by atoms with van der Waals surface area (Å²) in [6.07, 6.45) is 0.716. The maximum atomic E-state index is 11.4. The molecule has 2 N–H and O–H groups in total. The summed E-state index contributed by atoms with van der Waals surface area (Å²) in [4.78, 5) is 25.1. The highest BCUT2D eigenvalue weighted by Gasteiger charge is 2.28. The van der Waals surface area contributed by atoms with E-state index in [1.54, 1.807) is 11.8 Å². The van der Waals surface area contributed by atoms with Gasteiger partial charge in [0.2, 0.25) is 11.8 Å². The van der Waals surface area contributed by atoms with E-state index in [0.29, 0.717) is 25.1 Å². The minimum atomic E-state index is -0.0587. The fraction of sp³-hybridized carbons (Fsp3) is 0.333. The van der Waals surface area contributed by atoms with Crippen LogP contribution in [0.25, 0.3) is 0 Å². The van der Waals surface area contributed by atoms with Gasteiger partial charge >= 0.3 is 0 Å². The van der Waals surface area contributed by atoms with Crippen molar-refractivity contribution >= 4 is 29.3 Å². The minimum Gasteiger partial charge on any atom is -0.398 e. The summed E-state index contributed by atoms with van der Waals surface area (Å²) < 4.78 is 0. The number of carbonyl (C=O) groups is 2. The summed E-state index contributed by atoms with van der Waals surface area (Å²) in [6.45, 7) is 0.469. The quantitative estimate of drug-likeness (QED) is 0.500. The Morgan fingerprint density at radius 3 is 2.47 bits per heavy atom. The molecule has 0 aliphatic carbocycles. The highest BCUT2D eigenvalue weighted by atomic mass is 32.2. The lowest BCUT2D eigenvalue weighted by molar-refractivity contribution is -0.137. The van der Waals surface area contributed by atoms with Crippen molar-refractivity contribution in [2.45, 2.75) is 17.7 Å². The summed E-state index contributed by atoms with van der Waals surface area (Å²) in [6, 6.07) is 7.58. The van der Waals surface area contributed by atoms with Crippen LogP contribution >= 0.6 is 11.8 Å². The van der Waals surface area contributed by atoms with Crippen molar-refractivity contribution in [3.8, 4) is 0 Å². The number of hydrogen-bond donors (Lipinski definition) is 1. The second kappa shape index (κ2) is 5.23. The number of nitrogens with zero attached hydrogens (tertiary/aromatic N) is 1. The van der Waals surface area contributed by atoms with Gasteiger partial charge in [-0.3, -0.25) is 14.5 Å². The van der Waals surface area contributed by atoms with E-state index < -0.39 is 0 Å². The number of nitrogen functional groups attached to an aromatic ring is 1. The summed E-state index contributed by atoms with van der Waals surface area (Å²) in [5.74, 6) is 0.569. The molecule has 0 spiro atoms. The van der Waals surface area contributed by atoms with Gasteiger partial charge in [-0.15, -0.1) is 11.8 Å². The highest BCUT2D eigenvalue weighted by Crippen LogP contribution is 2.24. The molecule has 4 nitrogen and oxygen atoms in total. The smallest absolute Gasteiger partial charge is 0.229 e. The van der Waals surface area contributed by atoms with E-state index in [9.17, 15) is 9.59 Å². The number of rotatable bonds is 4. The number of amides is 2. The lowest BCUT2D eigenvalue weighted by Gasteiger charge is -2.13. The zero-order chi connectivity index (χ0) is 12.3. The van der Waals surface area contributed by atoms with Crippen molar-refractivity contribution in [1.29, 1.82) is 0 Å². The average Bonchev–Trinajstić information content (AvgIpc) is 2.63. The summed E-state index contributed by atoms with van der Waals surface area (Å²) >= 11 is 1.57. The highest BCUT2D eigenvalue weighted by molar-refractivity contribution is 7.99. The summed E-state index contributed by atoms with van der Waals surface area (Å²) in [7, 11) is 0. The number of hydrogen-bond acceptors (Lipinski definition) is 4. The van der Waals surface area contributed by atoms with Gasteiger partial charge in [0, 0.05) is 35.7 Å². The van der Waals surface area contributed by atoms with Gasteiger partial charge in [-0.25, -0.2) is 0 Å². The second-order valence-electron chi connectivity index (χ2n) is 3.83. The molecule has 90 valence electrons. The zero-order valence-corrected chi connectivity index (χ0v) is 10.2. The third kappa shape index (κ3) is 2.79. The molecule has 0 saturated carbocycles. The van der Waals surface area contributed by atoms with Crippen LogP contribution in [0.3, 0.4) is 0 Å². The van der Waals surface area contributed by atoms with Crippen LogP contribution in [-0.2, 0) is 9.59 Å². The van der Waals surface area contributed by atoms with Gasteiger partial charge in [0.25, 0.3) is 0 Å². The van der Waals surface area contributed by atoms with Crippen LogP contribution in [0.5, 0.6) is 0 Å². The lowest BCUT2D eigenvalue weighted by atomic mass is 10.3. The van der Waals surface area contributed by atoms with Crippen LogP contribution in [0.15, 0.2) is 29.2 Å². The Bertz CT molecular complexity index is 432. The Hall–Kier alpha value is -1.49. The molecule has 0 atom stereocenters. The molecule has 1 aromatic rings. The monoisotopic (exact) mass is 250 g/mol. The maximum Gasteiger partial charge on any atom is 0.229 e. The van der Waals surface area contributed by atoms with Gasteiger partial charge in [0.15, 0.2) is 0 Å². The fourth-order valence-corrected chi connectivity index (χ4v) is 2.63. The number of carbonyl (C=O) groups excluding carboxylic acids is 2. The van der Waals surface area contributed by atoms with Crippen LogP contribution in [0.2, 0.25) is 0 Å². The first-order valence-corrected chi connectivity index (χ1v) is 6.47. The predicted molar refractivity (Wildman–Crippen MR) is 67.5 cm³/mol. The normalized spacial score (nSPS) is 15.6. The molecule has 1 aliphatic heterocycles. The first kappa shape index (κ1) is 12.0. The SMILES string of the molecule is Nc1ccccc1SCCN1C(=O)CCC1=O. The number of thioether (sulfide) groups is 1. The van der Waals surface area contributed by atoms with Crippen molar-refractivity contribution in [2.75, 3.05) is 18.0 Å². The van der Waals surface area contributed by atoms with Crippen LogP contribution < -0.4 is 5.73 Å². The van der Waals surface area contributed by atoms with E-state index in [1.807, 2.05) is 24.3 Å². The second-order valence-corrected chi connectivity index (χ2v) is 4.96. The minimum absolute atomic E-state index is 0.0587. The topological polar surface area (TPSA) is 63.4 Å². The van der Waals surface area contributed by atoms with E-state index in [4.69, 9.17) is 5.73 Å². The Morgan fingerprint density at radius 2 is 1.82 bits per heavy atom. The van der Waals surface area contributed by atoms with Crippen LogP contribution in [0, 0.1) is 0 Å². The standard InChI is InChI=1S/C12H14N2O2S/c13-9-3-1-2-4-10(9)17-8-7-14-11(15)5-6-12(14)16/h1-4H,5-8,13H2.